The van der Waals surface area contributed by atoms with Crippen LogP contribution < -0.4 is 29.9 Å². The summed E-state index contributed by atoms with van der Waals surface area (Å²) in [6.07, 6.45) is -0.600. The molecule has 1 fully saturated rings. The molecule has 0 atom stereocenters. The number of benzene rings is 2. The van der Waals surface area contributed by atoms with Crippen molar-refractivity contribution < 1.29 is 56.0 Å². The summed E-state index contributed by atoms with van der Waals surface area (Å²) in [6, 6.07) is 7.49. The lowest BCUT2D eigenvalue weighted by Crippen LogP contribution is -2.39. The molecule has 2 N–H and O–H groups in total. The number of anilines is 5. The largest absolute Gasteiger partial charge is 0.494 e. The van der Waals surface area contributed by atoms with Gasteiger partial charge in [0.2, 0.25) is 5.78 Å². The first-order chi connectivity index (χ1) is 26.4. The zero-order valence-electron chi connectivity index (χ0n) is 32.9. The number of furan rings is 1. The predicted molar refractivity (Wildman–Crippen MR) is 205 cm³/mol. The molecule has 1 aliphatic heterocycles. The van der Waals surface area contributed by atoms with Gasteiger partial charge in [-0.05, 0) is 65.8 Å². The van der Waals surface area contributed by atoms with Crippen LogP contribution >= 0.6 is 0 Å². The van der Waals surface area contributed by atoms with Gasteiger partial charge in [-0.3, -0.25) is 9.69 Å². The number of carbonyl (C=O) groups is 3. The lowest BCUT2D eigenvalue weighted by molar-refractivity contribution is 0.0565. The Labute approximate surface area is 323 Å². The van der Waals surface area contributed by atoms with Crippen molar-refractivity contribution in [2.24, 2.45) is 0 Å². The molecule has 15 nitrogen and oxygen atoms in total. The number of carbonyl (C=O) groups excluding carboxylic acids is 3. The third-order valence-electron chi connectivity index (χ3n) is 8.38. The Morgan fingerprint density at radius 2 is 1.50 bits per heavy atom. The van der Waals surface area contributed by atoms with Gasteiger partial charge in [0.1, 0.15) is 28.3 Å². The van der Waals surface area contributed by atoms with Gasteiger partial charge in [-0.1, -0.05) is 0 Å². The Bertz CT molecular complexity index is 2080. The molecule has 0 aliphatic carbocycles. The number of aromatic nitrogens is 1. The fraction of sp³-hybridized carbons (Fsp3) is 0.436. The van der Waals surface area contributed by atoms with E-state index in [4.69, 9.17) is 38.6 Å². The van der Waals surface area contributed by atoms with Gasteiger partial charge in [0.25, 0.3) is 0 Å². The molecule has 2 amide bonds. The minimum absolute atomic E-state index is 0.0352. The predicted octanol–water partition coefficient (Wildman–Crippen LogP) is 7.23. The number of hydrogen-bond donors (Lipinski definition) is 1. The van der Waals surface area contributed by atoms with E-state index in [1.54, 1.807) is 59.7 Å². The molecule has 17 heteroatoms. The van der Waals surface area contributed by atoms with Crippen molar-refractivity contribution in [1.29, 1.82) is 0 Å². The van der Waals surface area contributed by atoms with E-state index in [1.807, 2.05) is 0 Å². The number of fused-ring (bicyclic) bond motifs is 1. The normalized spacial score (nSPS) is 13.4. The van der Waals surface area contributed by atoms with E-state index >= 15 is 8.78 Å². The quantitative estimate of drug-likeness (QED) is 0.120. The minimum Gasteiger partial charge on any atom is -0.494 e. The second-order valence-electron chi connectivity index (χ2n) is 14.7. The standard InChI is InChI=1S/C39H47F2N5O10/c1-38(2,3)55-36(48)45(14-15-50-7)33-23-19-29(43-21-28(23)54-35(33)34(47)30-31(40)26(51-8)20-27(52-9)32(30)41)46(37(49)56-39(4,5)6)25-11-10-22(18-24(25)42)44-12-16-53-17-13-44/h10-11,18-21H,12-17,42H2,1-9H3. The molecule has 0 radical (unpaired) electrons. The number of halogens is 2. The lowest BCUT2D eigenvalue weighted by atomic mass is 10.0. The lowest BCUT2D eigenvalue weighted by Gasteiger charge is -2.31. The Morgan fingerprint density at radius 3 is 2.05 bits per heavy atom. The first-order valence-electron chi connectivity index (χ1n) is 17.7. The van der Waals surface area contributed by atoms with Gasteiger partial charge < -0.3 is 43.5 Å². The number of morpholine rings is 1. The van der Waals surface area contributed by atoms with E-state index in [9.17, 15) is 14.4 Å². The van der Waals surface area contributed by atoms with Crippen molar-refractivity contribution in [3.63, 3.8) is 0 Å². The van der Waals surface area contributed by atoms with E-state index in [2.05, 4.69) is 9.88 Å². The number of ether oxygens (including phenoxy) is 6. The summed E-state index contributed by atoms with van der Waals surface area (Å²) in [6.45, 7) is 12.1. The number of nitrogens with two attached hydrogens (primary N) is 1. The number of amides is 2. The van der Waals surface area contributed by atoms with Crippen molar-refractivity contribution in [3.05, 3.63) is 59.5 Å². The summed E-state index contributed by atoms with van der Waals surface area (Å²) in [4.78, 5) is 51.1. The number of pyridine rings is 1. The molecule has 302 valence electrons. The Morgan fingerprint density at radius 1 is 0.893 bits per heavy atom. The summed E-state index contributed by atoms with van der Waals surface area (Å²) in [5.41, 5.74) is 4.46. The monoisotopic (exact) mass is 783 g/mol. The fourth-order valence-corrected chi connectivity index (χ4v) is 5.90. The van der Waals surface area contributed by atoms with Crippen LogP contribution in [-0.4, -0.2) is 94.9 Å². The van der Waals surface area contributed by atoms with Crippen LogP contribution in [0.5, 0.6) is 11.5 Å². The molecule has 0 unspecified atom stereocenters. The van der Waals surface area contributed by atoms with Gasteiger partial charge in [0.15, 0.2) is 34.5 Å². The molecule has 0 saturated carbocycles. The van der Waals surface area contributed by atoms with E-state index < -0.39 is 63.6 Å². The number of nitrogens with zero attached hydrogens (tertiary/aromatic N) is 4. The zero-order valence-corrected chi connectivity index (χ0v) is 32.9. The summed E-state index contributed by atoms with van der Waals surface area (Å²) >= 11 is 0. The van der Waals surface area contributed by atoms with Crippen LogP contribution in [0.4, 0.5) is 46.9 Å². The van der Waals surface area contributed by atoms with Crippen LogP contribution in [0.3, 0.4) is 0 Å². The second-order valence-corrected chi connectivity index (χ2v) is 14.7. The maximum Gasteiger partial charge on any atom is 0.420 e. The zero-order chi connectivity index (χ0) is 41.1. The highest BCUT2D eigenvalue weighted by atomic mass is 19.1. The molecule has 0 bridgehead atoms. The molecule has 56 heavy (non-hydrogen) atoms. The molecule has 4 aromatic rings. The van der Waals surface area contributed by atoms with Gasteiger partial charge in [0.05, 0.1) is 63.5 Å². The molecule has 2 aromatic heterocycles. The van der Waals surface area contributed by atoms with Crippen LogP contribution in [0.2, 0.25) is 0 Å². The Balaban J connectivity index is 1.78. The molecular formula is C39H47F2N5O10. The summed E-state index contributed by atoms with van der Waals surface area (Å²) in [5, 5.41) is 0.0352. The molecule has 1 saturated heterocycles. The number of hydrogen-bond acceptors (Lipinski definition) is 13. The van der Waals surface area contributed by atoms with Gasteiger partial charge in [-0.15, -0.1) is 0 Å². The van der Waals surface area contributed by atoms with Gasteiger partial charge in [-0.25, -0.2) is 28.3 Å². The first-order valence-corrected chi connectivity index (χ1v) is 17.7. The molecule has 5 rings (SSSR count). The summed E-state index contributed by atoms with van der Waals surface area (Å²) < 4.78 is 70.1. The van der Waals surface area contributed by atoms with Crippen LogP contribution in [-0.2, 0) is 18.9 Å². The van der Waals surface area contributed by atoms with Crippen molar-refractivity contribution in [2.75, 3.05) is 81.2 Å². The Kier molecular flexibility index (Phi) is 12.3. The first kappa shape index (κ1) is 41.5. The smallest absolute Gasteiger partial charge is 0.420 e. The topological polar surface area (TPSA) is 168 Å². The molecular weight excluding hydrogens is 736 g/mol. The molecule has 1 aliphatic rings. The van der Waals surface area contributed by atoms with Crippen molar-refractivity contribution in [1.82, 2.24) is 4.98 Å². The SMILES string of the molecule is COCCN(C(=O)OC(C)(C)C)c1c(C(=O)c2c(F)c(OC)cc(OC)c2F)oc2cnc(N(C(=O)OC(C)(C)C)c3ccc(N4CCOCC4)cc3N)cc12. The van der Waals surface area contributed by atoms with E-state index in [0.29, 0.717) is 26.3 Å². The van der Waals surface area contributed by atoms with Crippen molar-refractivity contribution in [2.45, 2.75) is 52.7 Å². The number of methoxy groups -OCH3 is 3. The minimum atomic E-state index is -1.34. The number of ketones is 1. The van der Waals surface area contributed by atoms with Crippen LogP contribution in [0.15, 0.2) is 40.9 Å². The van der Waals surface area contributed by atoms with Gasteiger partial charge in [-0.2, -0.15) is 0 Å². The highest BCUT2D eigenvalue weighted by molar-refractivity contribution is 6.18. The molecule has 0 spiro atoms. The van der Waals surface area contributed by atoms with Crippen LogP contribution in [0.25, 0.3) is 11.0 Å². The van der Waals surface area contributed by atoms with E-state index in [1.165, 1.54) is 19.4 Å². The summed E-state index contributed by atoms with van der Waals surface area (Å²) in [5.74, 6) is -5.67. The van der Waals surface area contributed by atoms with E-state index in [0.717, 1.165) is 35.8 Å². The average molecular weight is 784 g/mol. The maximum absolute atomic E-state index is 15.8. The number of nitrogen functional groups attached to an aromatic ring is 1. The van der Waals surface area contributed by atoms with Gasteiger partial charge >= 0.3 is 12.2 Å². The third kappa shape index (κ3) is 8.89. The third-order valence-corrected chi connectivity index (χ3v) is 8.38. The molecule has 3 heterocycles. The number of rotatable bonds is 11. The van der Waals surface area contributed by atoms with Crippen molar-refractivity contribution >= 4 is 57.5 Å². The second kappa shape index (κ2) is 16.6. The van der Waals surface area contributed by atoms with Gasteiger partial charge in [0, 0.05) is 32.0 Å². The molecule has 2 aromatic carbocycles. The van der Waals surface area contributed by atoms with E-state index in [-0.39, 0.29) is 47.0 Å². The van der Waals surface area contributed by atoms with Crippen LogP contribution in [0, 0.1) is 11.6 Å². The summed E-state index contributed by atoms with van der Waals surface area (Å²) in [7, 11) is 3.67. The highest BCUT2D eigenvalue weighted by Crippen LogP contribution is 2.42. The fourth-order valence-electron chi connectivity index (χ4n) is 5.90. The highest BCUT2D eigenvalue weighted by Gasteiger charge is 2.37. The Hall–Kier alpha value is -5.68. The van der Waals surface area contributed by atoms with Crippen molar-refractivity contribution in [3.8, 4) is 11.5 Å². The average Bonchev–Trinajstić information content (AvgIpc) is 3.50. The maximum atomic E-state index is 15.8. The van der Waals surface area contributed by atoms with Crippen LogP contribution in [0.1, 0.15) is 57.7 Å².